The summed E-state index contributed by atoms with van der Waals surface area (Å²) in [6.07, 6.45) is 2.47. The van der Waals surface area contributed by atoms with Crippen molar-refractivity contribution in [1.82, 2.24) is 4.98 Å². The third-order valence-electron chi connectivity index (χ3n) is 3.20. The van der Waals surface area contributed by atoms with E-state index in [4.69, 9.17) is 33.7 Å². The molecule has 3 nitrogen and oxygen atoms in total. The number of nitrogens with zero attached hydrogens (tertiary/aromatic N) is 1. The fourth-order valence-electron chi connectivity index (χ4n) is 2.21. The summed E-state index contributed by atoms with van der Waals surface area (Å²) >= 11 is 12.0. The molecule has 0 saturated carbocycles. The van der Waals surface area contributed by atoms with E-state index in [0.29, 0.717) is 15.7 Å². The minimum atomic E-state index is -0.365. The monoisotopic (exact) mass is 294 g/mol. The number of hydrogen-bond acceptors (Lipinski definition) is 3. The van der Waals surface area contributed by atoms with Crippen LogP contribution < -0.4 is 10.5 Å². The van der Waals surface area contributed by atoms with Gasteiger partial charge in [-0.05, 0) is 23.3 Å². The number of pyridine rings is 1. The highest BCUT2D eigenvalue weighted by atomic mass is 35.5. The van der Waals surface area contributed by atoms with Crippen molar-refractivity contribution in [3.8, 4) is 5.75 Å². The first-order valence-electron chi connectivity index (χ1n) is 5.97. The average Bonchev–Trinajstić information content (AvgIpc) is 2.85. The maximum Gasteiger partial charge on any atom is 0.122 e. The molecule has 0 bridgehead atoms. The van der Waals surface area contributed by atoms with Crippen molar-refractivity contribution in [3.05, 3.63) is 57.3 Å². The molecule has 1 atom stereocenters. The number of nitrogens with two attached hydrogens (primary N) is 1. The zero-order valence-electron chi connectivity index (χ0n) is 10.1. The van der Waals surface area contributed by atoms with Crippen LogP contribution in [0.2, 0.25) is 10.0 Å². The average molecular weight is 295 g/mol. The Morgan fingerprint density at radius 1 is 1.26 bits per heavy atom. The highest BCUT2D eigenvalue weighted by Crippen LogP contribution is 2.31. The van der Waals surface area contributed by atoms with Crippen LogP contribution in [0.3, 0.4) is 0 Å². The van der Waals surface area contributed by atoms with Crippen LogP contribution in [0.5, 0.6) is 5.75 Å². The molecule has 5 heteroatoms. The summed E-state index contributed by atoms with van der Waals surface area (Å²) in [5, 5.41) is 0.986. The predicted molar refractivity (Wildman–Crippen MR) is 75.9 cm³/mol. The summed E-state index contributed by atoms with van der Waals surface area (Å²) in [6, 6.07) is 7.24. The van der Waals surface area contributed by atoms with E-state index in [-0.39, 0.29) is 6.04 Å². The lowest BCUT2D eigenvalue weighted by Crippen LogP contribution is -2.14. The number of fused-ring (bicyclic) bond motifs is 1. The van der Waals surface area contributed by atoms with Gasteiger partial charge in [-0.1, -0.05) is 35.3 Å². The van der Waals surface area contributed by atoms with Crippen LogP contribution in [0.25, 0.3) is 0 Å². The van der Waals surface area contributed by atoms with Crippen molar-refractivity contribution < 1.29 is 4.74 Å². The van der Waals surface area contributed by atoms with Crippen LogP contribution in [0.15, 0.2) is 30.5 Å². The smallest absolute Gasteiger partial charge is 0.122 e. The molecule has 1 aromatic carbocycles. The summed E-state index contributed by atoms with van der Waals surface area (Å²) in [5.41, 5.74) is 9.01. The van der Waals surface area contributed by atoms with Gasteiger partial charge in [0.1, 0.15) is 5.75 Å². The second-order valence-corrected chi connectivity index (χ2v) is 5.31. The van der Waals surface area contributed by atoms with Crippen molar-refractivity contribution in [2.45, 2.75) is 12.5 Å². The number of benzene rings is 1. The number of aromatic nitrogens is 1. The van der Waals surface area contributed by atoms with Crippen molar-refractivity contribution >= 4 is 23.2 Å². The van der Waals surface area contributed by atoms with Crippen LogP contribution in [-0.4, -0.2) is 11.6 Å². The van der Waals surface area contributed by atoms with Crippen LogP contribution in [-0.2, 0) is 6.42 Å². The van der Waals surface area contributed by atoms with E-state index in [9.17, 15) is 0 Å². The SMILES string of the molecule is NC(c1ccc2c(c1)CCO2)c1ncc(Cl)cc1Cl. The molecule has 0 radical (unpaired) electrons. The van der Waals surface area contributed by atoms with Gasteiger partial charge in [-0.25, -0.2) is 0 Å². The Balaban J connectivity index is 1.97. The maximum atomic E-state index is 6.23. The van der Waals surface area contributed by atoms with E-state index < -0.39 is 0 Å². The topological polar surface area (TPSA) is 48.1 Å². The Kier molecular flexibility index (Phi) is 3.35. The zero-order chi connectivity index (χ0) is 13.4. The number of halogens is 2. The van der Waals surface area contributed by atoms with Crippen molar-refractivity contribution in [2.24, 2.45) is 5.73 Å². The standard InChI is InChI=1S/C14H12Cl2N2O/c15-10-6-11(16)14(18-7-10)13(17)9-1-2-12-8(5-9)3-4-19-12/h1-2,5-7,13H,3-4,17H2. The lowest BCUT2D eigenvalue weighted by atomic mass is 10.0. The first-order chi connectivity index (χ1) is 9.15. The predicted octanol–water partition coefficient (Wildman–Crippen LogP) is 3.37. The van der Waals surface area contributed by atoms with Gasteiger partial charge in [-0.3, -0.25) is 4.98 Å². The molecule has 0 spiro atoms. The van der Waals surface area contributed by atoms with Gasteiger partial charge < -0.3 is 10.5 Å². The molecule has 1 aliphatic rings. The van der Waals surface area contributed by atoms with Gasteiger partial charge in [-0.15, -0.1) is 0 Å². The Hall–Kier alpha value is -1.29. The Morgan fingerprint density at radius 2 is 2.11 bits per heavy atom. The van der Waals surface area contributed by atoms with Gasteiger partial charge in [0, 0.05) is 12.6 Å². The minimum absolute atomic E-state index is 0.365. The molecule has 2 N–H and O–H groups in total. The van der Waals surface area contributed by atoms with Crippen molar-refractivity contribution in [1.29, 1.82) is 0 Å². The largest absolute Gasteiger partial charge is 0.493 e. The van der Waals surface area contributed by atoms with E-state index in [2.05, 4.69) is 11.1 Å². The molecule has 0 fully saturated rings. The van der Waals surface area contributed by atoms with Gasteiger partial charge in [0.05, 0.1) is 28.4 Å². The van der Waals surface area contributed by atoms with Gasteiger partial charge in [0.25, 0.3) is 0 Å². The fourth-order valence-corrected chi connectivity index (χ4v) is 2.71. The summed E-state index contributed by atoms with van der Waals surface area (Å²) < 4.78 is 5.48. The fraction of sp³-hybridized carbons (Fsp3) is 0.214. The maximum absolute atomic E-state index is 6.23. The van der Waals surface area contributed by atoms with Crippen LogP contribution >= 0.6 is 23.2 Å². The van der Waals surface area contributed by atoms with Gasteiger partial charge in [-0.2, -0.15) is 0 Å². The van der Waals surface area contributed by atoms with E-state index in [0.717, 1.165) is 24.3 Å². The second kappa shape index (κ2) is 5.00. The quantitative estimate of drug-likeness (QED) is 0.924. The molecule has 1 aliphatic heterocycles. The lowest BCUT2D eigenvalue weighted by Gasteiger charge is -2.14. The van der Waals surface area contributed by atoms with Gasteiger partial charge in [0.15, 0.2) is 0 Å². The van der Waals surface area contributed by atoms with Crippen LogP contribution in [0, 0.1) is 0 Å². The molecular formula is C14H12Cl2N2O. The number of rotatable bonds is 2. The Morgan fingerprint density at radius 3 is 2.89 bits per heavy atom. The Bertz CT molecular complexity index is 631. The highest BCUT2D eigenvalue weighted by molar-refractivity contribution is 6.34. The van der Waals surface area contributed by atoms with E-state index in [1.165, 1.54) is 5.56 Å². The van der Waals surface area contributed by atoms with Gasteiger partial charge >= 0.3 is 0 Å². The third-order valence-corrected chi connectivity index (χ3v) is 3.71. The van der Waals surface area contributed by atoms with Crippen LogP contribution in [0.4, 0.5) is 0 Å². The molecule has 1 unspecified atom stereocenters. The number of ether oxygens (including phenoxy) is 1. The highest BCUT2D eigenvalue weighted by Gasteiger charge is 2.18. The molecule has 3 rings (SSSR count). The van der Waals surface area contributed by atoms with E-state index in [1.807, 2.05) is 12.1 Å². The molecule has 0 amide bonds. The molecule has 2 heterocycles. The molecule has 98 valence electrons. The minimum Gasteiger partial charge on any atom is -0.493 e. The molecule has 0 aliphatic carbocycles. The zero-order valence-corrected chi connectivity index (χ0v) is 11.6. The molecule has 2 aromatic rings. The van der Waals surface area contributed by atoms with E-state index >= 15 is 0 Å². The molecule has 0 saturated heterocycles. The summed E-state index contributed by atoms with van der Waals surface area (Å²) in [6.45, 7) is 0.730. The van der Waals surface area contributed by atoms with Crippen molar-refractivity contribution in [3.63, 3.8) is 0 Å². The van der Waals surface area contributed by atoms with Crippen molar-refractivity contribution in [2.75, 3.05) is 6.61 Å². The summed E-state index contributed by atoms with van der Waals surface area (Å²) in [5.74, 6) is 0.936. The van der Waals surface area contributed by atoms with E-state index in [1.54, 1.807) is 12.3 Å². The third kappa shape index (κ3) is 2.41. The summed E-state index contributed by atoms with van der Waals surface area (Å²) in [7, 11) is 0. The Labute approximate surface area is 121 Å². The molecule has 1 aromatic heterocycles. The lowest BCUT2D eigenvalue weighted by molar-refractivity contribution is 0.357. The number of hydrogen-bond donors (Lipinski definition) is 1. The first kappa shape index (κ1) is 12.7. The normalized spacial score (nSPS) is 14.9. The molecular weight excluding hydrogens is 283 g/mol. The molecule has 19 heavy (non-hydrogen) atoms. The van der Waals surface area contributed by atoms with Gasteiger partial charge in [0.2, 0.25) is 0 Å². The second-order valence-electron chi connectivity index (χ2n) is 4.46. The van der Waals surface area contributed by atoms with Crippen LogP contribution in [0.1, 0.15) is 22.9 Å². The first-order valence-corrected chi connectivity index (χ1v) is 6.73. The summed E-state index contributed by atoms with van der Waals surface area (Å²) in [4.78, 5) is 4.23.